The largest absolute Gasteiger partial charge is 0.381 e. The molecule has 3 heterocycles. The van der Waals surface area contributed by atoms with Gasteiger partial charge < -0.3 is 19.5 Å². The van der Waals surface area contributed by atoms with Gasteiger partial charge in [0.2, 0.25) is 0 Å². The summed E-state index contributed by atoms with van der Waals surface area (Å²) in [6.07, 6.45) is 6.11. The predicted octanol–water partition coefficient (Wildman–Crippen LogP) is 1.76. The van der Waals surface area contributed by atoms with Crippen LogP contribution in [0.5, 0.6) is 0 Å². The first-order chi connectivity index (χ1) is 8.86. The number of nitrogens with one attached hydrogen (secondary N) is 1. The third-order valence-electron chi connectivity index (χ3n) is 4.52. The van der Waals surface area contributed by atoms with Crippen molar-refractivity contribution in [3.8, 4) is 0 Å². The smallest absolute Gasteiger partial charge is 0.0836 e. The molecule has 5 heteroatoms. The third kappa shape index (κ3) is 4.05. The number of hydrogen-bond donors (Lipinski definition) is 1. The van der Waals surface area contributed by atoms with Gasteiger partial charge in [-0.3, -0.25) is 0 Å². The van der Waals surface area contributed by atoms with Crippen LogP contribution in [0.3, 0.4) is 0 Å². The highest BCUT2D eigenvalue weighted by atomic mass is 35.5. The lowest BCUT2D eigenvalue weighted by molar-refractivity contribution is -0.0264. The second-order valence-electron chi connectivity index (χ2n) is 5.99. The van der Waals surface area contributed by atoms with Crippen LogP contribution in [-0.2, 0) is 14.2 Å². The van der Waals surface area contributed by atoms with E-state index in [0.717, 1.165) is 58.8 Å². The summed E-state index contributed by atoms with van der Waals surface area (Å²) in [5, 5.41) is 3.45. The highest BCUT2D eigenvalue weighted by Gasteiger charge is 2.41. The van der Waals surface area contributed by atoms with Crippen molar-refractivity contribution in [1.29, 1.82) is 0 Å². The molecule has 0 bridgehead atoms. The van der Waals surface area contributed by atoms with Crippen molar-refractivity contribution in [2.24, 2.45) is 5.92 Å². The molecule has 0 aromatic heterocycles. The van der Waals surface area contributed by atoms with E-state index in [2.05, 4.69) is 5.32 Å². The Hall–Kier alpha value is 0.130. The lowest BCUT2D eigenvalue weighted by Gasteiger charge is -2.33. The highest BCUT2D eigenvalue weighted by molar-refractivity contribution is 5.85. The Kier molecular flexibility index (Phi) is 5.90. The molecule has 4 nitrogen and oxygen atoms in total. The highest BCUT2D eigenvalue weighted by Crippen LogP contribution is 2.33. The molecule has 19 heavy (non-hydrogen) atoms. The lowest BCUT2D eigenvalue weighted by Crippen LogP contribution is -2.45. The molecule has 112 valence electrons. The second-order valence-corrected chi connectivity index (χ2v) is 5.99. The summed E-state index contributed by atoms with van der Waals surface area (Å²) in [6, 6.07) is 0. The van der Waals surface area contributed by atoms with Gasteiger partial charge in [0.25, 0.3) is 0 Å². The first-order valence-corrected chi connectivity index (χ1v) is 7.40. The van der Waals surface area contributed by atoms with E-state index in [0.29, 0.717) is 12.0 Å². The summed E-state index contributed by atoms with van der Waals surface area (Å²) in [4.78, 5) is 0. The summed E-state index contributed by atoms with van der Waals surface area (Å²) in [7, 11) is 0. The molecule has 3 saturated heterocycles. The molecule has 2 atom stereocenters. The zero-order valence-electron chi connectivity index (χ0n) is 11.6. The molecule has 0 saturated carbocycles. The van der Waals surface area contributed by atoms with Crippen LogP contribution >= 0.6 is 12.4 Å². The van der Waals surface area contributed by atoms with Gasteiger partial charge in [-0.2, -0.15) is 0 Å². The summed E-state index contributed by atoms with van der Waals surface area (Å²) >= 11 is 0. The molecule has 0 amide bonds. The van der Waals surface area contributed by atoms with E-state index in [1.54, 1.807) is 0 Å². The van der Waals surface area contributed by atoms with Gasteiger partial charge in [-0.1, -0.05) is 0 Å². The van der Waals surface area contributed by atoms with E-state index in [1.807, 2.05) is 0 Å². The summed E-state index contributed by atoms with van der Waals surface area (Å²) < 4.78 is 17.5. The summed E-state index contributed by atoms with van der Waals surface area (Å²) in [5.41, 5.74) is 0.0819. The Bertz CT molecular complexity index is 265. The molecule has 0 radical (unpaired) electrons. The van der Waals surface area contributed by atoms with Crippen LogP contribution in [-0.4, -0.2) is 51.2 Å². The van der Waals surface area contributed by atoms with Gasteiger partial charge in [0.1, 0.15) is 0 Å². The van der Waals surface area contributed by atoms with Gasteiger partial charge in [0.05, 0.1) is 24.9 Å². The van der Waals surface area contributed by atoms with E-state index in [9.17, 15) is 0 Å². The Morgan fingerprint density at radius 2 is 2.11 bits per heavy atom. The van der Waals surface area contributed by atoms with Gasteiger partial charge in [0, 0.05) is 26.2 Å². The molecule has 0 aliphatic carbocycles. The maximum absolute atomic E-state index is 6.06. The van der Waals surface area contributed by atoms with Gasteiger partial charge in [0.15, 0.2) is 0 Å². The van der Waals surface area contributed by atoms with E-state index in [-0.39, 0.29) is 18.0 Å². The summed E-state index contributed by atoms with van der Waals surface area (Å²) in [6.45, 7) is 5.63. The molecule has 3 rings (SSSR count). The van der Waals surface area contributed by atoms with E-state index in [1.165, 1.54) is 12.8 Å². The SMILES string of the molecule is C1CNC[C@@]2(C1)C[C@H](OCC1CCOCC1)CO2.Cl. The maximum Gasteiger partial charge on any atom is 0.0836 e. The molecule has 3 fully saturated rings. The number of ether oxygens (including phenoxy) is 3. The molecule has 0 aromatic rings. The van der Waals surface area contributed by atoms with Crippen molar-refractivity contribution >= 4 is 12.4 Å². The molecular weight excluding hydrogens is 266 g/mol. The Morgan fingerprint density at radius 1 is 1.26 bits per heavy atom. The average Bonchev–Trinajstić information content (AvgIpc) is 2.82. The van der Waals surface area contributed by atoms with Crippen LogP contribution in [0.4, 0.5) is 0 Å². The number of hydrogen-bond acceptors (Lipinski definition) is 4. The van der Waals surface area contributed by atoms with Crippen LogP contribution in [0.1, 0.15) is 32.1 Å². The minimum Gasteiger partial charge on any atom is -0.381 e. The van der Waals surface area contributed by atoms with Gasteiger partial charge >= 0.3 is 0 Å². The van der Waals surface area contributed by atoms with Gasteiger partial charge in [-0.25, -0.2) is 0 Å². The standard InChI is InChI=1S/C14H25NO3.ClH/c1-4-14(11-15-5-1)8-13(10-18-14)17-9-12-2-6-16-7-3-12;/h12-13,15H,1-11H2;1H/t13-,14+;/m0./s1. The van der Waals surface area contributed by atoms with Crippen molar-refractivity contribution in [1.82, 2.24) is 5.32 Å². The normalized spacial score (nSPS) is 36.3. The fourth-order valence-corrected chi connectivity index (χ4v) is 3.33. The first kappa shape index (κ1) is 15.5. The second kappa shape index (κ2) is 7.23. The van der Waals surface area contributed by atoms with Crippen molar-refractivity contribution in [2.45, 2.75) is 43.8 Å². The van der Waals surface area contributed by atoms with Gasteiger partial charge in [-0.05, 0) is 38.1 Å². The molecule has 1 spiro atoms. The molecule has 0 unspecified atom stereocenters. The minimum atomic E-state index is 0. The average molecular weight is 292 g/mol. The lowest BCUT2D eigenvalue weighted by atomic mass is 9.90. The zero-order chi connectivity index (χ0) is 12.3. The Morgan fingerprint density at radius 3 is 2.84 bits per heavy atom. The Balaban J connectivity index is 0.00000133. The summed E-state index contributed by atoms with van der Waals surface area (Å²) in [5.74, 6) is 0.694. The number of halogens is 1. The Labute approximate surface area is 122 Å². The van der Waals surface area contributed by atoms with Crippen molar-refractivity contribution < 1.29 is 14.2 Å². The van der Waals surface area contributed by atoms with Crippen LogP contribution in [0.25, 0.3) is 0 Å². The molecular formula is C14H26ClNO3. The van der Waals surface area contributed by atoms with Crippen LogP contribution in [0, 0.1) is 5.92 Å². The molecule has 1 N–H and O–H groups in total. The van der Waals surface area contributed by atoms with Crippen molar-refractivity contribution in [3.63, 3.8) is 0 Å². The van der Waals surface area contributed by atoms with E-state index in [4.69, 9.17) is 14.2 Å². The first-order valence-electron chi connectivity index (χ1n) is 7.40. The monoisotopic (exact) mass is 291 g/mol. The maximum atomic E-state index is 6.06. The predicted molar refractivity (Wildman–Crippen MR) is 75.9 cm³/mol. The fraction of sp³-hybridized carbons (Fsp3) is 1.00. The van der Waals surface area contributed by atoms with Gasteiger partial charge in [-0.15, -0.1) is 12.4 Å². The zero-order valence-corrected chi connectivity index (χ0v) is 12.4. The third-order valence-corrected chi connectivity index (χ3v) is 4.52. The van der Waals surface area contributed by atoms with E-state index >= 15 is 0 Å². The molecule has 0 aromatic carbocycles. The number of piperidine rings is 1. The van der Waals surface area contributed by atoms with Crippen LogP contribution in [0.15, 0.2) is 0 Å². The van der Waals surface area contributed by atoms with E-state index < -0.39 is 0 Å². The van der Waals surface area contributed by atoms with Crippen molar-refractivity contribution in [2.75, 3.05) is 39.5 Å². The van der Waals surface area contributed by atoms with Crippen LogP contribution in [0.2, 0.25) is 0 Å². The van der Waals surface area contributed by atoms with Crippen LogP contribution < -0.4 is 5.32 Å². The topological polar surface area (TPSA) is 39.7 Å². The number of rotatable bonds is 3. The fourth-order valence-electron chi connectivity index (χ4n) is 3.33. The molecule has 3 aliphatic heterocycles. The quantitative estimate of drug-likeness (QED) is 0.860. The van der Waals surface area contributed by atoms with Crippen molar-refractivity contribution in [3.05, 3.63) is 0 Å². The minimum absolute atomic E-state index is 0. The molecule has 3 aliphatic rings.